The van der Waals surface area contributed by atoms with Gasteiger partial charge in [-0.15, -0.1) is 0 Å². The molecule has 0 spiro atoms. The molecule has 0 aromatic carbocycles. The smallest absolute Gasteiger partial charge is 0.398 e. The van der Waals surface area contributed by atoms with Gasteiger partial charge in [-0.25, -0.2) is 4.98 Å². The van der Waals surface area contributed by atoms with Gasteiger partial charge in [0.05, 0.1) is 16.8 Å². The molecule has 2 aliphatic rings. The highest BCUT2D eigenvalue weighted by molar-refractivity contribution is 6.61. The lowest BCUT2D eigenvalue weighted by molar-refractivity contribution is 0.00578. The fraction of sp³-hybridized carbons (Fsp3) is 0.688. The Kier molecular flexibility index (Phi) is 3.74. The van der Waals surface area contributed by atoms with Crippen LogP contribution in [0, 0.1) is 0 Å². The minimum Gasteiger partial charge on any atom is -0.398 e. The fourth-order valence-electron chi connectivity index (χ4n) is 2.83. The van der Waals surface area contributed by atoms with Crippen LogP contribution in [0.15, 0.2) is 18.2 Å². The first kappa shape index (κ1) is 14.9. The van der Waals surface area contributed by atoms with Crippen molar-refractivity contribution in [3.8, 4) is 0 Å². The first-order chi connectivity index (χ1) is 9.89. The van der Waals surface area contributed by atoms with Gasteiger partial charge in [0.1, 0.15) is 5.82 Å². The van der Waals surface area contributed by atoms with Gasteiger partial charge >= 0.3 is 7.12 Å². The molecule has 1 aromatic rings. The van der Waals surface area contributed by atoms with Crippen LogP contribution in [0.3, 0.4) is 0 Å². The third-order valence-corrected chi connectivity index (χ3v) is 4.93. The quantitative estimate of drug-likeness (QED) is 0.783. The van der Waals surface area contributed by atoms with Crippen molar-refractivity contribution in [3.63, 3.8) is 0 Å². The van der Waals surface area contributed by atoms with E-state index in [1.54, 1.807) is 0 Å². The molecule has 0 bridgehead atoms. The van der Waals surface area contributed by atoms with Gasteiger partial charge in [0.15, 0.2) is 0 Å². The Hall–Kier alpha value is -1.07. The van der Waals surface area contributed by atoms with Crippen molar-refractivity contribution in [2.24, 2.45) is 0 Å². The molecule has 0 unspecified atom stereocenters. The molecule has 0 atom stereocenters. The third-order valence-electron chi connectivity index (χ3n) is 4.93. The maximum absolute atomic E-state index is 6.09. The topological polar surface area (TPSA) is 34.6 Å². The normalized spacial score (nSPS) is 24.4. The second kappa shape index (κ2) is 5.29. The molecule has 2 saturated heterocycles. The SMILES string of the molecule is CC1(C)OB(c2cccc(N3CCCCC3)n2)OC1(C)C. The largest absolute Gasteiger partial charge is 0.514 e. The summed E-state index contributed by atoms with van der Waals surface area (Å²) in [7, 11) is -0.375. The van der Waals surface area contributed by atoms with Gasteiger partial charge < -0.3 is 14.2 Å². The molecule has 21 heavy (non-hydrogen) atoms. The van der Waals surface area contributed by atoms with Crippen LogP contribution in [0.5, 0.6) is 0 Å². The first-order valence-electron chi connectivity index (χ1n) is 7.97. The van der Waals surface area contributed by atoms with Crippen molar-refractivity contribution < 1.29 is 9.31 Å². The van der Waals surface area contributed by atoms with Crippen LogP contribution in [0.4, 0.5) is 5.82 Å². The minimum absolute atomic E-state index is 0.319. The monoisotopic (exact) mass is 288 g/mol. The first-order valence-corrected chi connectivity index (χ1v) is 7.97. The van der Waals surface area contributed by atoms with Crippen molar-refractivity contribution in [2.45, 2.75) is 58.2 Å². The molecule has 5 heteroatoms. The maximum Gasteiger partial charge on any atom is 0.514 e. The number of aromatic nitrogens is 1. The van der Waals surface area contributed by atoms with E-state index >= 15 is 0 Å². The lowest BCUT2D eigenvalue weighted by atomic mass is 9.84. The van der Waals surface area contributed by atoms with Gasteiger partial charge in [0.25, 0.3) is 0 Å². The van der Waals surface area contributed by atoms with E-state index in [-0.39, 0.29) is 18.3 Å². The summed E-state index contributed by atoms with van der Waals surface area (Å²) in [5.41, 5.74) is 0.234. The molecular weight excluding hydrogens is 263 g/mol. The minimum atomic E-state index is -0.375. The number of anilines is 1. The Bertz CT molecular complexity index is 497. The zero-order valence-corrected chi connectivity index (χ0v) is 13.6. The van der Waals surface area contributed by atoms with Gasteiger partial charge in [0, 0.05) is 13.1 Å². The summed E-state index contributed by atoms with van der Waals surface area (Å²) in [4.78, 5) is 7.14. The lowest BCUT2D eigenvalue weighted by Crippen LogP contribution is -2.41. The average Bonchev–Trinajstić information content (AvgIpc) is 2.69. The van der Waals surface area contributed by atoms with Crippen molar-refractivity contribution in [2.75, 3.05) is 18.0 Å². The van der Waals surface area contributed by atoms with E-state index < -0.39 is 0 Å². The zero-order valence-electron chi connectivity index (χ0n) is 13.6. The molecular formula is C16H25BN2O2. The Morgan fingerprint density at radius 2 is 1.62 bits per heavy atom. The molecule has 0 N–H and O–H groups in total. The summed E-state index contributed by atoms with van der Waals surface area (Å²) < 4.78 is 12.2. The number of pyridine rings is 1. The molecule has 4 nitrogen and oxygen atoms in total. The maximum atomic E-state index is 6.09. The van der Waals surface area contributed by atoms with Gasteiger partial charge in [-0.05, 0) is 59.1 Å². The Labute approximate surface area is 128 Å². The van der Waals surface area contributed by atoms with Crippen LogP contribution in [-0.4, -0.2) is 36.4 Å². The van der Waals surface area contributed by atoms with Gasteiger partial charge in [-0.3, -0.25) is 0 Å². The summed E-state index contributed by atoms with van der Waals surface area (Å²) >= 11 is 0. The van der Waals surface area contributed by atoms with E-state index in [1.165, 1.54) is 19.3 Å². The van der Waals surface area contributed by atoms with Crippen molar-refractivity contribution in [1.29, 1.82) is 0 Å². The fourth-order valence-corrected chi connectivity index (χ4v) is 2.83. The Balaban J connectivity index is 1.81. The van der Waals surface area contributed by atoms with Crippen molar-refractivity contribution in [1.82, 2.24) is 4.98 Å². The molecule has 3 heterocycles. The summed E-state index contributed by atoms with van der Waals surface area (Å²) in [5, 5.41) is 0. The predicted molar refractivity (Wildman–Crippen MR) is 86.0 cm³/mol. The van der Waals surface area contributed by atoms with Crippen LogP contribution in [0.25, 0.3) is 0 Å². The van der Waals surface area contributed by atoms with Crippen LogP contribution >= 0.6 is 0 Å². The molecule has 0 amide bonds. The number of nitrogens with zero attached hydrogens (tertiary/aromatic N) is 2. The van der Waals surface area contributed by atoms with Crippen molar-refractivity contribution in [3.05, 3.63) is 18.2 Å². The van der Waals surface area contributed by atoms with E-state index in [0.717, 1.165) is 24.5 Å². The molecule has 2 fully saturated rings. The molecule has 0 radical (unpaired) electrons. The molecule has 3 rings (SSSR count). The standard InChI is InChI=1S/C16H25BN2O2/c1-15(2)16(3,4)21-17(20-15)13-9-8-10-14(18-13)19-11-6-5-7-12-19/h8-10H,5-7,11-12H2,1-4H3. The van der Waals surface area contributed by atoms with Gasteiger partial charge in [-0.2, -0.15) is 0 Å². The highest BCUT2D eigenvalue weighted by Gasteiger charge is 2.52. The van der Waals surface area contributed by atoms with E-state index in [9.17, 15) is 0 Å². The molecule has 0 aliphatic carbocycles. The second-order valence-corrected chi connectivity index (χ2v) is 7.06. The van der Waals surface area contributed by atoms with E-state index in [2.05, 4.69) is 44.7 Å². The predicted octanol–water partition coefficient (Wildman–Crippen LogP) is 2.37. The molecule has 2 aliphatic heterocycles. The van der Waals surface area contributed by atoms with E-state index in [4.69, 9.17) is 14.3 Å². The third kappa shape index (κ3) is 2.81. The lowest BCUT2D eigenvalue weighted by Gasteiger charge is -2.32. The molecule has 114 valence electrons. The number of hydrogen-bond donors (Lipinski definition) is 0. The van der Waals surface area contributed by atoms with Gasteiger partial charge in [-0.1, -0.05) is 6.07 Å². The van der Waals surface area contributed by atoms with Crippen LogP contribution < -0.4 is 10.5 Å². The zero-order chi connectivity index (χ0) is 15.1. The van der Waals surface area contributed by atoms with Crippen LogP contribution in [0.2, 0.25) is 0 Å². The summed E-state index contributed by atoms with van der Waals surface area (Å²) in [6.07, 6.45) is 3.83. The highest BCUT2D eigenvalue weighted by Crippen LogP contribution is 2.36. The number of hydrogen-bond acceptors (Lipinski definition) is 4. The van der Waals surface area contributed by atoms with Gasteiger partial charge in [0.2, 0.25) is 0 Å². The van der Waals surface area contributed by atoms with E-state index in [0.29, 0.717) is 0 Å². The molecule has 1 aromatic heterocycles. The summed E-state index contributed by atoms with van der Waals surface area (Å²) in [6, 6.07) is 6.13. The van der Waals surface area contributed by atoms with E-state index in [1.807, 2.05) is 6.07 Å². The molecule has 0 saturated carbocycles. The van der Waals surface area contributed by atoms with Crippen LogP contribution in [0.1, 0.15) is 47.0 Å². The second-order valence-electron chi connectivity index (χ2n) is 7.06. The average molecular weight is 288 g/mol. The van der Waals surface area contributed by atoms with Crippen molar-refractivity contribution >= 4 is 18.5 Å². The highest BCUT2D eigenvalue weighted by atomic mass is 16.7. The summed E-state index contributed by atoms with van der Waals surface area (Å²) in [5.74, 6) is 1.04. The Morgan fingerprint density at radius 1 is 1.00 bits per heavy atom. The number of rotatable bonds is 2. The Morgan fingerprint density at radius 3 is 2.24 bits per heavy atom. The summed E-state index contributed by atoms with van der Waals surface area (Å²) in [6.45, 7) is 10.5. The number of piperidine rings is 1. The van der Waals surface area contributed by atoms with Crippen LogP contribution in [-0.2, 0) is 9.31 Å².